The number of hydrogen-bond acceptors (Lipinski definition) is 5. The van der Waals surface area contributed by atoms with E-state index in [4.69, 9.17) is 9.16 Å². The molecule has 1 saturated heterocycles. The number of aliphatic hydroxyl groups is 2. The van der Waals surface area contributed by atoms with Gasteiger partial charge in [0.25, 0.3) is 0 Å². The molecule has 0 aromatic heterocycles. The van der Waals surface area contributed by atoms with Crippen LogP contribution in [0.25, 0.3) is 0 Å². The Kier molecular flexibility index (Phi) is 5.53. The van der Waals surface area contributed by atoms with Crippen LogP contribution in [0.2, 0.25) is 18.1 Å². The summed E-state index contributed by atoms with van der Waals surface area (Å²) in [5.74, 6) is -0.157. The third kappa shape index (κ3) is 3.69. The van der Waals surface area contributed by atoms with E-state index in [1.807, 2.05) is 19.9 Å². The van der Waals surface area contributed by atoms with Gasteiger partial charge in [-0.3, -0.25) is 4.79 Å². The molecule has 0 aromatic rings. The third-order valence-corrected chi connectivity index (χ3v) is 10.3. The van der Waals surface area contributed by atoms with Gasteiger partial charge in [-0.15, -0.1) is 0 Å². The summed E-state index contributed by atoms with van der Waals surface area (Å²) in [5, 5.41) is 20.6. The fourth-order valence-corrected chi connectivity index (χ4v) is 3.83. The van der Waals surface area contributed by atoms with Crippen LogP contribution >= 0.6 is 0 Å². The molecule has 142 valence electrons. The maximum Gasteiger partial charge on any atom is 0.193 e. The number of carbonyl (C=O) groups excluding carboxylic acids is 1. The number of ether oxygens (including phenoxy) is 1. The average Bonchev–Trinajstić information content (AvgIpc) is 3.23. The largest absolute Gasteiger partial charge is 0.412 e. The minimum Gasteiger partial charge on any atom is -0.412 e. The molecule has 0 saturated carbocycles. The van der Waals surface area contributed by atoms with E-state index in [1.54, 1.807) is 0 Å². The summed E-state index contributed by atoms with van der Waals surface area (Å²) in [6, 6.07) is 0. The molecule has 5 nitrogen and oxygen atoms in total. The summed E-state index contributed by atoms with van der Waals surface area (Å²) in [6.45, 7) is 14.3. The molecule has 2 N–H and O–H groups in total. The Labute approximate surface area is 151 Å². The fraction of sp³-hybridized carbons (Fsp3) is 0.737. The van der Waals surface area contributed by atoms with Crippen LogP contribution in [0.15, 0.2) is 22.8 Å². The van der Waals surface area contributed by atoms with Gasteiger partial charge in [0.15, 0.2) is 20.2 Å². The van der Waals surface area contributed by atoms with E-state index in [0.717, 1.165) is 5.57 Å². The van der Waals surface area contributed by atoms with E-state index in [9.17, 15) is 15.0 Å². The van der Waals surface area contributed by atoms with Crippen molar-refractivity contribution in [2.75, 3.05) is 13.2 Å². The smallest absolute Gasteiger partial charge is 0.193 e. The van der Waals surface area contributed by atoms with Crippen LogP contribution in [-0.2, 0) is 14.0 Å². The van der Waals surface area contributed by atoms with Crippen molar-refractivity contribution in [2.24, 2.45) is 0 Å². The highest BCUT2D eigenvalue weighted by Crippen LogP contribution is 2.51. The van der Waals surface area contributed by atoms with Gasteiger partial charge >= 0.3 is 0 Å². The number of ketones is 1. The second-order valence-corrected chi connectivity index (χ2v) is 13.7. The van der Waals surface area contributed by atoms with E-state index in [2.05, 4.69) is 33.9 Å². The van der Waals surface area contributed by atoms with Crippen LogP contribution in [-0.4, -0.2) is 55.3 Å². The molecule has 1 heterocycles. The Hall–Kier alpha value is -0.793. The fourth-order valence-electron chi connectivity index (χ4n) is 2.89. The van der Waals surface area contributed by atoms with Gasteiger partial charge in [-0.05, 0) is 37.6 Å². The van der Waals surface area contributed by atoms with E-state index in [1.165, 1.54) is 0 Å². The Morgan fingerprint density at radius 2 is 1.96 bits per heavy atom. The predicted octanol–water partition coefficient (Wildman–Crippen LogP) is 2.73. The van der Waals surface area contributed by atoms with Crippen molar-refractivity contribution in [2.45, 2.75) is 77.0 Å². The molecular formula is C19H32O5Si. The van der Waals surface area contributed by atoms with Crippen LogP contribution < -0.4 is 0 Å². The molecule has 25 heavy (non-hydrogen) atoms. The predicted molar refractivity (Wildman–Crippen MR) is 99.9 cm³/mol. The number of rotatable bonds is 6. The molecule has 0 bridgehead atoms. The van der Waals surface area contributed by atoms with E-state index < -0.39 is 26.1 Å². The first-order valence-corrected chi connectivity index (χ1v) is 11.8. The summed E-state index contributed by atoms with van der Waals surface area (Å²) in [4.78, 5) is 12.8. The number of allylic oxidation sites excluding steroid dienone is 1. The summed E-state index contributed by atoms with van der Waals surface area (Å²) >= 11 is 0. The van der Waals surface area contributed by atoms with Crippen molar-refractivity contribution in [3.63, 3.8) is 0 Å². The van der Waals surface area contributed by atoms with Gasteiger partial charge in [-0.1, -0.05) is 32.4 Å². The molecule has 2 rings (SSSR count). The van der Waals surface area contributed by atoms with Crippen molar-refractivity contribution >= 4 is 14.1 Å². The first-order chi connectivity index (χ1) is 11.4. The van der Waals surface area contributed by atoms with Gasteiger partial charge in [-0.25, -0.2) is 0 Å². The quantitative estimate of drug-likeness (QED) is 0.428. The number of hydrogen-bond donors (Lipinski definition) is 2. The first-order valence-electron chi connectivity index (χ1n) is 8.87. The number of fused-ring (bicyclic) bond motifs is 1. The second-order valence-electron chi connectivity index (χ2n) is 8.92. The Balaban J connectivity index is 2.25. The van der Waals surface area contributed by atoms with Gasteiger partial charge < -0.3 is 19.4 Å². The minimum atomic E-state index is -2.04. The van der Waals surface area contributed by atoms with Gasteiger partial charge in [0.2, 0.25) is 0 Å². The first kappa shape index (κ1) is 20.5. The van der Waals surface area contributed by atoms with E-state index >= 15 is 0 Å². The maximum absolute atomic E-state index is 12.8. The molecule has 1 aliphatic carbocycles. The lowest BCUT2D eigenvalue weighted by Gasteiger charge is -2.37. The van der Waals surface area contributed by atoms with E-state index in [-0.39, 0.29) is 24.0 Å². The van der Waals surface area contributed by atoms with Gasteiger partial charge in [0, 0.05) is 12.0 Å². The zero-order valence-electron chi connectivity index (χ0n) is 16.5. The van der Waals surface area contributed by atoms with Crippen LogP contribution in [0.3, 0.4) is 0 Å². The zero-order chi connectivity index (χ0) is 19.2. The van der Waals surface area contributed by atoms with Crippen molar-refractivity contribution in [1.82, 2.24) is 0 Å². The SMILES string of the molecule is CC(C)=CC[C@@]12O[C@@H]1C(=O)C(CO[Si](C)(C)C(C)(C)C)=C(CO)[C@H]2O. The molecule has 0 amide bonds. The molecule has 0 spiro atoms. The van der Waals surface area contributed by atoms with Gasteiger partial charge in [-0.2, -0.15) is 0 Å². The lowest BCUT2D eigenvalue weighted by molar-refractivity contribution is -0.117. The van der Waals surface area contributed by atoms with Crippen LogP contribution in [0, 0.1) is 0 Å². The topological polar surface area (TPSA) is 79.3 Å². The monoisotopic (exact) mass is 368 g/mol. The van der Waals surface area contributed by atoms with Crippen molar-refractivity contribution < 1.29 is 24.2 Å². The molecule has 3 atom stereocenters. The maximum atomic E-state index is 12.8. The lowest BCUT2D eigenvalue weighted by Crippen LogP contribution is -2.45. The normalized spacial score (nSPS) is 29.6. The highest BCUT2D eigenvalue weighted by Gasteiger charge is 2.68. The molecule has 6 heteroatoms. The lowest BCUT2D eigenvalue weighted by atomic mass is 9.79. The Morgan fingerprint density at radius 1 is 1.36 bits per heavy atom. The Morgan fingerprint density at radius 3 is 2.44 bits per heavy atom. The highest BCUT2D eigenvalue weighted by molar-refractivity contribution is 6.74. The average molecular weight is 369 g/mol. The van der Waals surface area contributed by atoms with E-state index in [0.29, 0.717) is 17.6 Å². The summed E-state index contributed by atoms with van der Waals surface area (Å²) in [5.41, 5.74) is 0.923. The van der Waals surface area contributed by atoms with Crippen molar-refractivity contribution in [3.8, 4) is 0 Å². The summed E-state index contributed by atoms with van der Waals surface area (Å²) in [7, 11) is -2.04. The van der Waals surface area contributed by atoms with Crippen LogP contribution in [0.1, 0.15) is 41.0 Å². The molecule has 1 fully saturated rings. The number of aliphatic hydroxyl groups excluding tert-OH is 2. The number of epoxide rings is 1. The summed E-state index contributed by atoms with van der Waals surface area (Å²) in [6.07, 6.45) is 0.815. The summed E-state index contributed by atoms with van der Waals surface area (Å²) < 4.78 is 11.8. The number of Topliss-reactive ketones (excluding diaryl/α,β-unsaturated/α-hetero) is 1. The third-order valence-electron chi connectivity index (χ3n) is 5.82. The molecule has 2 aliphatic rings. The molecule has 1 aliphatic heterocycles. The van der Waals surface area contributed by atoms with Crippen LogP contribution in [0.5, 0.6) is 0 Å². The van der Waals surface area contributed by atoms with Gasteiger partial charge in [0.1, 0.15) is 11.7 Å². The van der Waals surface area contributed by atoms with Crippen molar-refractivity contribution in [1.29, 1.82) is 0 Å². The Bertz CT molecular complexity index is 610. The zero-order valence-corrected chi connectivity index (χ0v) is 17.5. The standard InChI is InChI=1S/C19H32O5Si/c1-12(2)8-9-19-16(22)13(10-20)14(15(21)17(19)24-19)11-23-25(6,7)18(3,4)5/h8,16-17,20,22H,9-11H2,1-7H3/t16-,17-,19+/m1/s1. The van der Waals surface area contributed by atoms with Gasteiger partial charge in [0.05, 0.1) is 13.2 Å². The van der Waals surface area contributed by atoms with Crippen molar-refractivity contribution in [3.05, 3.63) is 22.8 Å². The molecule has 0 radical (unpaired) electrons. The number of carbonyl (C=O) groups is 1. The molecule has 0 unspecified atom stereocenters. The minimum absolute atomic E-state index is 0.0204. The molecular weight excluding hydrogens is 336 g/mol. The highest BCUT2D eigenvalue weighted by atomic mass is 28.4. The second kappa shape index (κ2) is 6.74. The molecule has 0 aromatic carbocycles. The van der Waals surface area contributed by atoms with Crippen LogP contribution in [0.4, 0.5) is 0 Å².